The van der Waals surface area contributed by atoms with Crippen molar-refractivity contribution in [1.82, 2.24) is 9.13 Å². The molecule has 0 bridgehead atoms. The predicted molar refractivity (Wildman–Crippen MR) is 116 cm³/mol. The van der Waals surface area contributed by atoms with Gasteiger partial charge in [0, 0.05) is 18.5 Å². The van der Waals surface area contributed by atoms with Crippen molar-refractivity contribution in [2.45, 2.75) is 13.5 Å². The maximum Gasteiger partial charge on any atom is 0.320 e. The number of amides is 1. The van der Waals surface area contributed by atoms with E-state index in [-0.39, 0.29) is 6.54 Å². The molecule has 0 atom stereocenters. The van der Waals surface area contributed by atoms with Gasteiger partial charge in [0.1, 0.15) is 12.3 Å². The van der Waals surface area contributed by atoms with Gasteiger partial charge in [-0.1, -0.05) is 12.1 Å². The SMILES string of the molecule is CCOc1ccccc1NC(=O)Cn1ccn(-c2ccc(OC)c(OC)c2)c(=O)c1=O. The van der Waals surface area contributed by atoms with Gasteiger partial charge in [-0.25, -0.2) is 0 Å². The molecular formula is C22H23N3O6. The summed E-state index contributed by atoms with van der Waals surface area (Å²) in [4.78, 5) is 37.6. The number of rotatable bonds is 8. The van der Waals surface area contributed by atoms with Gasteiger partial charge in [0.2, 0.25) is 5.91 Å². The Morgan fingerprint density at radius 1 is 0.935 bits per heavy atom. The van der Waals surface area contributed by atoms with Gasteiger partial charge in [0.05, 0.1) is 32.2 Å². The standard InChI is InChI=1S/C22H23N3O6/c1-4-31-17-8-6-5-7-16(17)23-20(26)14-24-11-12-25(22(28)21(24)27)15-9-10-18(29-2)19(13-15)30-3/h5-13H,4,14H2,1-3H3,(H,23,26). The third-order valence-corrected chi connectivity index (χ3v) is 4.48. The normalized spacial score (nSPS) is 10.4. The highest BCUT2D eigenvalue weighted by molar-refractivity contribution is 5.92. The Bertz CT molecular complexity index is 1200. The van der Waals surface area contributed by atoms with Crippen LogP contribution in [0.3, 0.4) is 0 Å². The quantitative estimate of drug-likeness (QED) is 0.555. The van der Waals surface area contributed by atoms with Crippen LogP contribution in [0.4, 0.5) is 5.69 Å². The topological polar surface area (TPSA) is 101 Å². The van der Waals surface area contributed by atoms with Gasteiger partial charge in [-0.15, -0.1) is 0 Å². The molecule has 0 unspecified atom stereocenters. The fourth-order valence-corrected chi connectivity index (χ4v) is 3.01. The van der Waals surface area contributed by atoms with Crippen LogP contribution in [-0.2, 0) is 11.3 Å². The van der Waals surface area contributed by atoms with Crippen LogP contribution in [0.2, 0.25) is 0 Å². The Kier molecular flexibility index (Phi) is 6.76. The third-order valence-electron chi connectivity index (χ3n) is 4.48. The molecular weight excluding hydrogens is 402 g/mol. The van der Waals surface area contributed by atoms with Crippen LogP contribution in [0.5, 0.6) is 17.2 Å². The molecule has 0 aliphatic carbocycles. The number of ether oxygens (including phenoxy) is 3. The summed E-state index contributed by atoms with van der Waals surface area (Å²) < 4.78 is 18.1. The fourth-order valence-electron chi connectivity index (χ4n) is 3.01. The Balaban J connectivity index is 1.84. The number of benzene rings is 2. The van der Waals surface area contributed by atoms with Crippen LogP contribution in [0, 0.1) is 0 Å². The number of nitrogens with zero attached hydrogens (tertiary/aromatic N) is 2. The number of carbonyl (C=O) groups excluding carboxylic acids is 1. The zero-order chi connectivity index (χ0) is 22.4. The van der Waals surface area contributed by atoms with Gasteiger partial charge < -0.3 is 19.5 Å². The van der Waals surface area contributed by atoms with Crippen molar-refractivity contribution < 1.29 is 19.0 Å². The van der Waals surface area contributed by atoms with E-state index < -0.39 is 17.0 Å². The molecule has 1 N–H and O–H groups in total. The van der Waals surface area contributed by atoms with Crippen LogP contribution in [-0.4, -0.2) is 35.9 Å². The minimum Gasteiger partial charge on any atom is -0.493 e. The number of carbonyl (C=O) groups is 1. The second kappa shape index (κ2) is 9.66. The third kappa shape index (κ3) is 4.77. The molecule has 1 aromatic heterocycles. The minimum absolute atomic E-state index is 0.318. The zero-order valence-electron chi connectivity index (χ0n) is 17.5. The van der Waals surface area contributed by atoms with Crippen LogP contribution in [0.1, 0.15) is 6.92 Å². The lowest BCUT2D eigenvalue weighted by Crippen LogP contribution is -2.41. The Morgan fingerprint density at radius 3 is 2.39 bits per heavy atom. The van der Waals surface area contributed by atoms with Gasteiger partial charge in [0.25, 0.3) is 0 Å². The number of aromatic nitrogens is 2. The maximum absolute atomic E-state index is 12.6. The fraction of sp³-hybridized carbons (Fsp3) is 0.227. The van der Waals surface area contributed by atoms with E-state index in [0.29, 0.717) is 35.2 Å². The average molecular weight is 425 g/mol. The van der Waals surface area contributed by atoms with Gasteiger partial charge in [-0.05, 0) is 31.2 Å². The molecule has 0 saturated carbocycles. The lowest BCUT2D eigenvalue weighted by molar-refractivity contribution is -0.116. The van der Waals surface area contributed by atoms with E-state index >= 15 is 0 Å². The van der Waals surface area contributed by atoms with Gasteiger partial charge >= 0.3 is 11.1 Å². The number of nitrogens with one attached hydrogen (secondary N) is 1. The first-order valence-corrected chi connectivity index (χ1v) is 9.54. The van der Waals surface area contributed by atoms with E-state index in [2.05, 4.69) is 5.32 Å². The van der Waals surface area contributed by atoms with Gasteiger partial charge in [-0.2, -0.15) is 0 Å². The molecule has 0 radical (unpaired) electrons. The molecule has 0 fully saturated rings. The van der Waals surface area contributed by atoms with Crippen LogP contribution < -0.4 is 30.6 Å². The molecule has 0 aliphatic rings. The second-order valence-corrected chi connectivity index (χ2v) is 6.42. The molecule has 3 rings (SSSR count). The van der Waals surface area contributed by atoms with E-state index in [1.54, 1.807) is 42.5 Å². The van der Waals surface area contributed by atoms with E-state index in [4.69, 9.17) is 14.2 Å². The molecule has 0 spiro atoms. The number of hydrogen-bond acceptors (Lipinski definition) is 6. The van der Waals surface area contributed by atoms with Crippen molar-refractivity contribution in [3.63, 3.8) is 0 Å². The molecule has 31 heavy (non-hydrogen) atoms. The van der Waals surface area contributed by atoms with Crippen molar-refractivity contribution in [1.29, 1.82) is 0 Å². The molecule has 2 aromatic carbocycles. The highest BCUT2D eigenvalue weighted by atomic mass is 16.5. The number of anilines is 1. The molecule has 0 saturated heterocycles. The molecule has 1 amide bonds. The summed E-state index contributed by atoms with van der Waals surface area (Å²) in [5.41, 5.74) is -0.703. The summed E-state index contributed by atoms with van der Waals surface area (Å²) in [6.07, 6.45) is 2.81. The van der Waals surface area contributed by atoms with E-state index in [1.807, 2.05) is 6.92 Å². The van der Waals surface area contributed by atoms with E-state index in [9.17, 15) is 14.4 Å². The molecule has 0 aliphatic heterocycles. The number of para-hydroxylation sites is 2. The molecule has 3 aromatic rings. The lowest BCUT2D eigenvalue weighted by Gasteiger charge is -2.13. The Labute approximate surface area is 178 Å². The molecule has 9 nitrogen and oxygen atoms in total. The largest absolute Gasteiger partial charge is 0.493 e. The maximum atomic E-state index is 12.6. The Morgan fingerprint density at radius 2 is 1.68 bits per heavy atom. The average Bonchev–Trinajstić information content (AvgIpc) is 2.78. The van der Waals surface area contributed by atoms with Crippen molar-refractivity contribution in [3.8, 4) is 22.9 Å². The molecule has 1 heterocycles. The summed E-state index contributed by atoms with van der Waals surface area (Å²) in [6.45, 7) is 1.97. The van der Waals surface area contributed by atoms with Crippen LogP contribution >= 0.6 is 0 Å². The van der Waals surface area contributed by atoms with Gasteiger partial charge in [-0.3, -0.25) is 23.5 Å². The summed E-state index contributed by atoms with van der Waals surface area (Å²) in [5, 5.41) is 2.70. The highest BCUT2D eigenvalue weighted by Crippen LogP contribution is 2.28. The smallest absolute Gasteiger partial charge is 0.320 e. The summed E-state index contributed by atoms with van der Waals surface area (Å²) in [6, 6.07) is 11.8. The van der Waals surface area contributed by atoms with Crippen molar-refractivity contribution in [2.75, 3.05) is 26.1 Å². The van der Waals surface area contributed by atoms with Crippen LogP contribution in [0.15, 0.2) is 64.4 Å². The van der Waals surface area contributed by atoms with E-state index in [0.717, 1.165) is 4.57 Å². The van der Waals surface area contributed by atoms with E-state index in [1.165, 1.54) is 31.2 Å². The Hall–Kier alpha value is -4.01. The summed E-state index contributed by atoms with van der Waals surface area (Å²) in [5.74, 6) is 0.979. The first-order chi connectivity index (χ1) is 15.0. The zero-order valence-corrected chi connectivity index (χ0v) is 17.5. The number of hydrogen-bond donors (Lipinski definition) is 1. The van der Waals surface area contributed by atoms with Crippen molar-refractivity contribution in [2.24, 2.45) is 0 Å². The lowest BCUT2D eigenvalue weighted by atomic mass is 10.2. The van der Waals surface area contributed by atoms with Crippen LogP contribution in [0.25, 0.3) is 5.69 Å². The first-order valence-electron chi connectivity index (χ1n) is 9.54. The van der Waals surface area contributed by atoms with Crippen molar-refractivity contribution in [3.05, 3.63) is 75.6 Å². The summed E-state index contributed by atoms with van der Waals surface area (Å²) in [7, 11) is 2.98. The summed E-state index contributed by atoms with van der Waals surface area (Å²) >= 11 is 0. The predicted octanol–water partition coefficient (Wildman–Crippen LogP) is 2.05. The first kappa shape index (κ1) is 21.7. The molecule has 9 heteroatoms. The number of methoxy groups -OCH3 is 2. The monoisotopic (exact) mass is 425 g/mol. The molecule has 162 valence electrons. The van der Waals surface area contributed by atoms with Crippen molar-refractivity contribution >= 4 is 11.6 Å². The highest BCUT2D eigenvalue weighted by Gasteiger charge is 2.13. The minimum atomic E-state index is -0.828. The van der Waals surface area contributed by atoms with Gasteiger partial charge in [0.15, 0.2) is 11.5 Å². The second-order valence-electron chi connectivity index (χ2n) is 6.42.